The SMILES string of the molecule is Cc1cc(C)c2c3c(oc2c1)CCCC3. The van der Waals surface area contributed by atoms with Gasteiger partial charge in [-0.25, -0.2) is 0 Å². The van der Waals surface area contributed by atoms with Gasteiger partial charge in [-0.05, 0) is 50.3 Å². The molecule has 0 saturated heterocycles. The highest BCUT2D eigenvalue weighted by molar-refractivity contribution is 5.86. The molecule has 0 radical (unpaired) electrons. The van der Waals surface area contributed by atoms with E-state index in [0.717, 1.165) is 12.0 Å². The summed E-state index contributed by atoms with van der Waals surface area (Å²) in [5.74, 6) is 1.24. The maximum atomic E-state index is 5.95. The molecule has 1 nitrogen and oxygen atoms in total. The van der Waals surface area contributed by atoms with E-state index in [1.807, 2.05) is 0 Å². The van der Waals surface area contributed by atoms with Crippen LogP contribution in [-0.4, -0.2) is 0 Å². The quantitative estimate of drug-likeness (QED) is 0.628. The summed E-state index contributed by atoms with van der Waals surface area (Å²) in [6, 6.07) is 4.42. The van der Waals surface area contributed by atoms with Crippen LogP contribution in [0, 0.1) is 13.8 Å². The average molecular weight is 200 g/mol. The van der Waals surface area contributed by atoms with E-state index < -0.39 is 0 Å². The van der Waals surface area contributed by atoms with Crippen LogP contribution in [0.2, 0.25) is 0 Å². The summed E-state index contributed by atoms with van der Waals surface area (Å²) in [7, 11) is 0. The van der Waals surface area contributed by atoms with Gasteiger partial charge in [-0.1, -0.05) is 6.07 Å². The van der Waals surface area contributed by atoms with Crippen LogP contribution in [0.4, 0.5) is 0 Å². The largest absolute Gasteiger partial charge is 0.461 e. The number of hydrogen-bond donors (Lipinski definition) is 0. The van der Waals surface area contributed by atoms with E-state index in [9.17, 15) is 0 Å². The summed E-state index contributed by atoms with van der Waals surface area (Å²) in [5.41, 5.74) is 5.25. The number of rotatable bonds is 0. The zero-order chi connectivity index (χ0) is 10.4. The first-order chi connectivity index (χ1) is 7.25. The third-order valence-corrected chi connectivity index (χ3v) is 3.40. The second-order valence-electron chi connectivity index (χ2n) is 4.67. The van der Waals surface area contributed by atoms with Crippen molar-refractivity contribution >= 4 is 11.0 Å². The third-order valence-electron chi connectivity index (χ3n) is 3.40. The Morgan fingerprint density at radius 1 is 1.07 bits per heavy atom. The third kappa shape index (κ3) is 1.30. The summed E-state index contributed by atoms with van der Waals surface area (Å²) >= 11 is 0. The number of furan rings is 1. The minimum absolute atomic E-state index is 1.10. The fraction of sp³-hybridized carbons (Fsp3) is 0.429. The standard InChI is InChI=1S/C14H16O/c1-9-7-10(2)14-11-5-3-4-6-12(11)15-13(14)8-9/h7-8H,3-6H2,1-2H3. The van der Waals surface area contributed by atoms with Gasteiger partial charge in [0.2, 0.25) is 0 Å². The van der Waals surface area contributed by atoms with E-state index in [4.69, 9.17) is 4.42 Å². The molecule has 0 aliphatic heterocycles. The molecule has 0 N–H and O–H groups in total. The highest BCUT2D eigenvalue weighted by Crippen LogP contribution is 2.34. The highest BCUT2D eigenvalue weighted by atomic mass is 16.3. The summed E-state index contributed by atoms with van der Waals surface area (Å²) in [5, 5.41) is 1.38. The lowest BCUT2D eigenvalue weighted by Gasteiger charge is -2.09. The van der Waals surface area contributed by atoms with Crippen LogP contribution in [-0.2, 0) is 12.8 Å². The lowest BCUT2D eigenvalue weighted by Crippen LogP contribution is -1.99. The fourth-order valence-electron chi connectivity index (χ4n) is 2.78. The lowest BCUT2D eigenvalue weighted by atomic mass is 9.94. The maximum Gasteiger partial charge on any atom is 0.135 e. The van der Waals surface area contributed by atoms with Crippen molar-refractivity contribution in [2.75, 3.05) is 0 Å². The van der Waals surface area contributed by atoms with Crippen molar-refractivity contribution in [2.24, 2.45) is 0 Å². The molecule has 1 aliphatic carbocycles. The van der Waals surface area contributed by atoms with Gasteiger partial charge in [0.15, 0.2) is 0 Å². The highest BCUT2D eigenvalue weighted by Gasteiger charge is 2.18. The van der Waals surface area contributed by atoms with E-state index in [1.165, 1.54) is 47.1 Å². The number of benzene rings is 1. The molecule has 0 atom stereocenters. The topological polar surface area (TPSA) is 13.1 Å². The van der Waals surface area contributed by atoms with Crippen LogP contribution in [0.25, 0.3) is 11.0 Å². The molecule has 0 fully saturated rings. The van der Waals surface area contributed by atoms with Crippen molar-refractivity contribution in [1.29, 1.82) is 0 Å². The molecule has 1 aromatic heterocycles. The van der Waals surface area contributed by atoms with Gasteiger partial charge in [-0.3, -0.25) is 0 Å². The van der Waals surface area contributed by atoms with Crippen LogP contribution >= 0.6 is 0 Å². The van der Waals surface area contributed by atoms with Gasteiger partial charge in [0, 0.05) is 17.4 Å². The van der Waals surface area contributed by atoms with Crippen LogP contribution < -0.4 is 0 Å². The second kappa shape index (κ2) is 3.13. The molecule has 0 unspecified atom stereocenters. The Morgan fingerprint density at radius 2 is 1.87 bits per heavy atom. The Morgan fingerprint density at radius 3 is 2.73 bits per heavy atom. The van der Waals surface area contributed by atoms with Gasteiger partial charge in [0.05, 0.1) is 0 Å². The van der Waals surface area contributed by atoms with Crippen molar-refractivity contribution in [3.63, 3.8) is 0 Å². The van der Waals surface area contributed by atoms with Gasteiger partial charge in [-0.2, -0.15) is 0 Å². The predicted octanol–water partition coefficient (Wildman–Crippen LogP) is 3.93. The summed E-state index contributed by atoms with van der Waals surface area (Å²) < 4.78 is 5.95. The normalized spacial score (nSPS) is 15.6. The molecular weight excluding hydrogens is 184 g/mol. The van der Waals surface area contributed by atoms with Crippen molar-refractivity contribution < 1.29 is 4.42 Å². The van der Waals surface area contributed by atoms with E-state index in [-0.39, 0.29) is 0 Å². The first-order valence-corrected chi connectivity index (χ1v) is 5.77. The van der Waals surface area contributed by atoms with Crippen LogP contribution in [0.15, 0.2) is 16.5 Å². The summed E-state index contributed by atoms with van der Waals surface area (Å²) in [6.45, 7) is 4.33. The Kier molecular flexibility index (Phi) is 1.88. The van der Waals surface area contributed by atoms with E-state index in [0.29, 0.717) is 0 Å². The fourth-order valence-corrected chi connectivity index (χ4v) is 2.78. The Bertz CT molecular complexity index is 520. The molecule has 1 heterocycles. The first kappa shape index (κ1) is 9.02. The molecule has 0 amide bonds. The number of fused-ring (bicyclic) bond motifs is 3. The number of aryl methyl sites for hydroxylation is 4. The van der Waals surface area contributed by atoms with E-state index in [2.05, 4.69) is 26.0 Å². The summed E-state index contributed by atoms with van der Waals surface area (Å²) in [6.07, 6.45) is 4.93. The van der Waals surface area contributed by atoms with Crippen LogP contribution in [0.3, 0.4) is 0 Å². The average Bonchev–Trinajstić information content (AvgIpc) is 2.54. The molecule has 0 spiro atoms. The Balaban J connectivity index is 2.37. The predicted molar refractivity (Wildman–Crippen MR) is 62.3 cm³/mol. The van der Waals surface area contributed by atoms with E-state index >= 15 is 0 Å². The van der Waals surface area contributed by atoms with Crippen molar-refractivity contribution in [3.8, 4) is 0 Å². The van der Waals surface area contributed by atoms with Crippen molar-refractivity contribution in [3.05, 3.63) is 34.6 Å². The van der Waals surface area contributed by atoms with Gasteiger partial charge >= 0.3 is 0 Å². The molecule has 0 saturated carbocycles. The zero-order valence-electron chi connectivity index (χ0n) is 9.39. The molecular formula is C14H16O. The van der Waals surface area contributed by atoms with Gasteiger partial charge < -0.3 is 4.42 Å². The Hall–Kier alpha value is -1.24. The van der Waals surface area contributed by atoms with Crippen molar-refractivity contribution in [2.45, 2.75) is 39.5 Å². The van der Waals surface area contributed by atoms with Gasteiger partial charge in [0.25, 0.3) is 0 Å². The molecule has 0 bridgehead atoms. The molecule has 78 valence electrons. The first-order valence-electron chi connectivity index (χ1n) is 5.77. The minimum atomic E-state index is 1.10. The minimum Gasteiger partial charge on any atom is -0.461 e. The van der Waals surface area contributed by atoms with Crippen molar-refractivity contribution in [1.82, 2.24) is 0 Å². The molecule has 1 aliphatic rings. The molecule has 2 aromatic rings. The van der Waals surface area contributed by atoms with Gasteiger partial charge in [0.1, 0.15) is 11.3 Å². The molecule has 15 heavy (non-hydrogen) atoms. The smallest absolute Gasteiger partial charge is 0.135 e. The number of hydrogen-bond acceptors (Lipinski definition) is 1. The van der Waals surface area contributed by atoms with E-state index in [1.54, 1.807) is 0 Å². The maximum absolute atomic E-state index is 5.95. The van der Waals surface area contributed by atoms with Crippen LogP contribution in [0.5, 0.6) is 0 Å². The molecule has 3 rings (SSSR count). The molecule has 1 aromatic carbocycles. The zero-order valence-corrected chi connectivity index (χ0v) is 9.39. The lowest BCUT2D eigenvalue weighted by molar-refractivity contribution is 0.506. The molecule has 1 heteroatoms. The summed E-state index contributed by atoms with van der Waals surface area (Å²) in [4.78, 5) is 0. The Labute approximate surface area is 90.1 Å². The van der Waals surface area contributed by atoms with Gasteiger partial charge in [-0.15, -0.1) is 0 Å². The monoisotopic (exact) mass is 200 g/mol. The van der Waals surface area contributed by atoms with Crippen LogP contribution in [0.1, 0.15) is 35.3 Å². The second-order valence-corrected chi connectivity index (χ2v) is 4.67.